The summed E-state index contributed by atoms with van der Waals surface area (Å²) in [5.74, 6) is 4.48. The van der Waals surface area contributed by atoms with E-state index in [1.807, 2.05) is 83.9 Å². The second kappa shape index (κ2) is 12.4. The molecule has 240 valence electrons. The van der Waals surface area contributed by atoms with E-state index in [4.69, 9.17) is 24.3 Å². The highest BCUT2D eigenvalue weighted by molar-refractivity contribution is 6.09. The summed E-state index contributed by atoms with van der Waals surface area (Å²) >= 11 is 0. The predicted molar refractivity (Wildman–Crippen MR) is 195 cm³/mol. The molecule has 5 aromatic carbocycles. The highest BCUT2D eigenvalue weighted by Gasteiger charge is 2.16. The number of hydrogen-bond donors (Lipinski definition) is 0. The number of hydrogen-bond acceptors (Lipinski definition) is 5. The van der Waals surface area contributed by atoms with Crippen molar-refractivity contribution < 1.29 is 14.2 Å². The fourth-order valence-electron chi connectivity index (χ4n) is 6.56. The summed E-state index contributed by atoms with van der Waals surface area (Å²) in [6, 6.07) is 38.4. The lowest BCUT2D eigenvalue weighted by molar-refractivity contribution is 0.408. The summed E-state index contributed by atoms with van der Waals surface area (Å²) in [4.78, 5) is 4.71. The van der Waals surface area contributed by atoms with Crippen LogP contribution < -0.4 is 14.2 Å². The van der Waals surface area contributed by atoms with E-state index in [0.717, 1.165) is 72.6 Å². The van der Waals surface area contributed by atoms with Crippen LogP contribution >= 0.6 is 0 Å². The van der Waals surface area contributed by atoms with Crippen LogP contribution in [-0.4, -0.2) is 26.4 Å². The summed E-state index contributed by atoms with van der Waals surface area (Å²) in [7, 11) is 1.66. The molecule has 0 spiro atoms. The van der Waals surface area contributed by atoms with Crippen molar-refractivity contribution >= 4 is 21.8 Å². The van der Waals surface area contributed by atoms with E-state index in [2.05, 4.69) is 79.9 Å². The lowest BCUT2D eigenvalue weighted by atomic mass is 9.98. The lowest BCUT2D eigenvalue weighted by Crippen LogP contribution is -1.98. The van der Waals surface area contributed by atoms with Gasteiger partial charge in [-0.3, -0.25) is 4.57 Å². The van der Waals surface area contributed by atoms with Crippen molar-refractivity contribution in [1.29, 1.82) is 0 Å². The number of nitrogens with zero attached hydrogens (tertiary/aromatic N) is 4. The zero-order valence-electron chi connectivity index (χ0n) is 27.7. The van der Waals surface area contributed by atoms with Crippen molar-refractivity contribution in [2.24, 2.45) is 0 Å². The third-order valence-corrected chi connectivity index (χ3v) is 8.73. The Kier molecular flexibility index (Phi) is 7.57. The molecule has 0 saturated heterocycles. The normalized spacial score (nSPS) is 11.3. The average Bonchev–Trinajstić information content (AvgIpc) is 3.71. The van der Waals surface area contributed by atoms with E-state index >= 15 is 0 Å². The molecule has 0 saturated carbocycles. The maximum Gasteiger partial charge on any atom is 0.137 e. The Labute approximate surface area is 284 Å². The topological polar surface area (TPSA) is 63.3 Å². The van der Waals surface area contributed by atoms with Crippen molar-refractivity contribution in [3.05, 3.63) is 151 Å². The zero-order chi connectivity index (χ0) is 33.5. The quantitative estimate of drug-likeness (QED) is 0.165. The van der Waals surface area contributed by atoms with Crippen molar-refractivity contribution in [2.75, 3.05) is 7.11 Å². The standard InChI is InChI=1S/C42H34N4O3/c1-27-16-17-43-41(18-27)46-39-13-9-8-12-37(39)38-15-14-33(24-40(38)46)49-36-22-31(21-34(23-36)47-4)45-26-30(25-44-45)42-28(2)19-35(20-29(42)3)48-32-10-6-5-7-11-32/h5-26H,1-4H3. The highest BCUT2D eigenvalue weighted by Crippen LogP contribution is 2.37. The minimum absolute atomic E-state index is 0.636. The first-order valence-corrected chi connectivity index (χ1v) is 16.2. The largest absolute Gasteiger partial charge is 0.497 e. The average molecular weight is 643 g/mol. The van der Waals surface area contributed by atoms with Gasteiger partial charge >= 0.3 is 0 Å². The van der Waals surface area contributed by atoms with Gasteiger partial charge in [0.25, 0.3) is 0 Å². The van der Waals surface area contributed by atoms with Crippen LogP contribution in [-0.2, 0) is 0 Å². The zero-order valence-corrected chi connectivity index (χ0v) is 27.7. The first-order valence-electron chi connectivity index (χ1n) is 16.2. The van der Waals surface area contributed by atoms with Crippen LogP contribution in [0.25, 0.3) is 44.4 Å². The van der Waals surface area contributed by atoms with Gasteiger partial charge in [-0.1, -0.05) is 36.4 Å². The number of aryl methyl sites for hydroxylation is 3. The lowest BCUT2D eigenvalue weighted by Gasteiger charge is -2.13. The second-order valence-corrected chi connectivity index (χ2v) is 12.2. The van der Waals surface area contributed by atoms with Crippen LogP contribution in [0.1, 0.15) is 16.7 Å². The van der Waals surface area contributed by atoms with Gasteiger partial charge in [0.1, 0.15) is 34.6 Å². The Bertz CT molecular complexity index is 2460. The Balaban J connectivity index is 1.13. The summed E-state index contributed by atoms with van der Waals surface area (Å²) in [5.41, 5.74) is 8.42. The monoisotopic (exact) mass is 642 g/mol. The van der Waals surface area contributed by atoms with Gasteiger partial charge in [-0.2, -0.15) is 5.10 Å². The van der Waals surface area contributed by atoms with E-state index in [1.54, 1.807) is 7.11 Å². The van der Waals surface area contributed by atoms with Crippen molar-refractivity contribution in [1.82, 2.24) is 19.3 Å². The van der Waals surface area contributed by atoms with E-state index in [0.29, 0.717) is 17.2 Å². The molecule has 3 aromatic heterocycles. The predicted octanol–water partition coefficient (Wildman–Crippen LogP) is 10.5. The maximum atomic E-state index is 6.52. The number of benzene rings is 5. The molecule has 7 nitrogen and oxygen atoms in total. The molecular weight excluding hydrogens is 608 g/mol. The molecule has 0 aliphatic rings. The summed E-state index contributed by atoms with van der Waals surface area (Å²) < 4.78 is 22.4. The van der Waals surface area contributed by atoms with Crippen molar-refractivity contribution in [3.8, 4) is 51.4 Å². The minimum atomic E-state index is 0.636. The van der Waals surface area contributed by atoms with Gasteiger partial charge in [0, 0.05) is 53.0 Å². The number of aromatic nitrogens is 4. The van der Waals surface area contributed by atoms with Crippen LogP contribution in [0, 0.1) is 20.8 Å². The first kappa shape index (κ1) is 30.0. The van der Waals surface area contributed by atoms with Gasteiger partial charge < -0.3 is 14.2 Å². The maximum absolute atomic E-state index is 6.52. The number of fused-ring (bicyclic) bond motifs is 3. The van der Waals surface area contributed by atoms with Crippen LogP contribution in [0.3, 0.4) is 0 Å². The Hall–Kier alpha value is -6.34. The molecule has 8 rings (SSSR count). The van der Waals surface area contributed by atoms with Crippen LogP contribution in [0.15, 0.2) is 134 Å². The van der Waals surface area contributed by atoms with Crippen molar-refractivity contribution in [3.63, 3.8) is 0 Å². The highest BCUT2D eigenvalue weighted by atomic mass is 16.5. The fourth-order valence-corrected chi connectivity index (χ4v) is 6.56. The molecule has 0 aliphatic carbocycles. The van der Waals surface area contributed by atoms with E-state index in [1.165, 1.54) is 0 Å². The molecule has 0 radical (unpaired) electrons. The van der Waals surface area contributed by atoms with E-state index < -0.39 is 0 Å². The van der Waals surface area contributed by atoms with Gasteiger partial charge in [0.15, 0.2) is 0 Å². The third kappa shape index (κ3) is 5.76. The Morgan fingerprint density at radius 2 is 1.31 bits per heavy atom. The summed E-state index contributed by atoms with van der Waals surface area (Å²) in [5, 5.41) is 7.03. The van der Waals surface area contributed by atoms with E-state index in [9.17, 15) is 0 Å². The van der Waals surface area contributed by atoms with Crippen LogP contribution in [0.2, 0.25) is 0 Å². The summed E-state index contributed by atoms with van der Waals surface area (Å²) in [6.07, 6.45) is 5.77. The Morgan fingerprint density at radius 1 is 0.592 bits per heavy atom. The SMILES string of the molecule is COc1cc(Oc2ccc3c4ccccc4n(-c4cc(C)ccn4)c3c2)cc(-n2cc(-c3c(C)cc(Oc4ccccc4)cc3C)cn2)c1. The van der Waals surface area contributed by atoms with E-state index in [-0.39, 0.29) is 0 Å². The molecule has 0 fully saturated rings. The van der Waals surface area contributed by atoms with Crippen LogP contribution in [0.5, 0.6) is 28.7 Å². The van der Waals surface area contributed by atoms with Crippen LogP contribution in [0.4, 0.5) is 0 Å². The molecule has 0 N–H and O–H groups in total. The molecule has 7 heteroatoms. The fraction of sp³-hybridized carbons (Fsp3) is 0.0952. The Morgan fingerprint density at radius 3 is 2.10 bits per heavy atom. The van der Waals surface area contributed by atoms with Gasteiger partial charge in [-0.15, -0.1) is 0 Å². The number of pyridine rings is 1. The molecular formula is C42H34N4O3. The third-order valence-electron chi connectivity index (χ3n) is 8.73. The van der Waals surface area contributed by atoms with Gasteiger partial charge in [0.05, 0.1) is 30.0 Å². The number of para-hydroxylation sites is 2. The molecule has 0 amide bonds. The number of methoxy groups -OCH3 is 1. The molecule has 0 unspecified atom stereocenters. The first-order chi connectivity index (χ1) is 23.9. The number of rotatable bonds is 8. The van der Waals surface area contributed by atoms with Gasteiger partial charge in [0.2, 0.25) is 0 Å². The smallest absolute Gasteiger partial charge is 0.137 e. The minimum Gasteiger partial charge on any atom is -0.497 e. The van der Waals surface area contributed by atoms with Gasteiger partial charge in [-0.25, -0.2) is 9.67 Å². The molecule has 49 heavy (non-hydrogen) atoms. The number of ether oxygens (including phenoxy) is 3. The van der Waals surface area contributed by atoms with Crippen molar-refractivity contribution in [2.45, 2.75) is 20.8 Å². The molecule has 0 atom stereocenters. The molecule has 0 bridgehead atoms. The molecule has 3 heterocycles. The second-order valence-electron chi connectivity index (χ2n) is 12.2. The van der Waals surface area contributed by atoms with Gasteiger partial charge in [-0.05, 0) is 97.6 Å². The summed E-state index contributed by atoms with van der Waals surface area (Å²) in [6.45, 7) is 6.27. The molecule has 8 aromatic rings. The molecule has 0 aliphatic heterocycles.